The Labute approximate surface area is 181 Å². The molecule has 0 radical (unpaired) electrons. The minimum absolute atomic E-state index is 0.212. The SMILES string of the molecule is COc1ccc(C(=O)Nc2ccccc2C(=O)NCc2ccc(S(C)(=O)=O)cc2)cc1. The third kappa shape index (κ3) is 5.70. The maximum Gasteiger partial charge on any atom is 0.255 e. The number of rotatable bonds is 7. The van der Waals surface area contributed by atoms with Gasteiger partial charge in [0, 0.05) is 18.4 Å². The molecular weight excluding hydrogens is 416 g/mol. The van der Waals surface area contributed by atoms with Gasteiger partial charge >= 0.3 is 0 Å². The number of nitrogens with one attached hydrogen (secondary N) is 2. The summed E-state index contributed by atoms with van der Waals surface area (Å²) in [5, 5.41) is 5.55. The van der Waals surface area contributed by atoms with Gasteiger partial charge in [0.05, 0.1) is 23.3 Å². The number of benzene rings is 3. The third-order valence-electron chi connectivity index (χ3n) is 4.58. The van der Waals surface area contributed by atoms with Crippen molar-refractivity contribution in [1.29, 1.82) is 0 Å². The highest BCUT2D eigenvalue weighted by atomic mass is 32.2. The van der Waals surface area contributed by atoms with E-state index < -0.39 is 9.84 Å². The van der Waals surface area contributed by atoms with Crippen molar-refractivity contribution in [3.63, 3.8) is 0 Å². The summed E-state index contributed by atoms with van der Waals surface area (Å²) < 4.78 is 28.2. The average Bonchev–Trinajstić information content (AvgIpc) is 2.77. The van der Waals surface area contributed by atoms with Gasteiger partial charge in [-0.25, -0.2) is 8.42 Å². The molecule has 2 N–H and O–H groups in total. The molecule has 3 aromatic rings. The van der Waals surface area contributed by atoms with Crippen LogP contribution >= 0.6 is 0 Å². The van der Waals surface area contributed by atoms with Crippen molar-refractivity contribution in [3.8, 4) is 5.75 Å². The van der Waals surface area contributed by atoms with Crippen LogP contribution in [0, 0.1) is 0 Å². The van der Waals surface area contributed by atoms with Crippen molar-refractivity contribution in [2.75, 3.05) is 18.7 Å². The second kappa shape index (κ2) is 9.44. The third-order valence-corrected chi connectivity index (χ3v) is 5.71. The van der Waals surface area contributed by atoms with E-state index in [1.807, 2.05) is 0 Å². The van der Waals surface area contributed by atoms with Gasteiger partial charge in [-0.1, -0.05) is 24.3 Å². The van der Waals surface area contributed by atoms with Gasteiger partial charge in [0.25, 0.3) is 11.8 Å². The molecule has 0 atom stereocenters. The Bertz CT molecular complexity index is 1190. The second-order valence-corrected chi connectivity index (χ2v) is 8.84. The fourth-order valence-corrected chi connectivity index (χ4v) is 3.49. The molecule has 0 aliphatic rings. The topological polar surface area (TPSA) is 102 Å². The van der Waals surface area contributed by atoms with Crippen LogP contribution in [0.2, 0.25) is 0 Å². The zero-order valence-corrected chi connectivity index (χ0v) is 17.9. The zero-order valence-electron chi connectivity index (χ0n) is 17.1. The largest absolute Gasteiger partial charge is 0.497 e. The number of hydrogen-bond acceptors (Lipinski definition) is 5. The first-order valence-corrected chi connectivity index (χ1v) is 11.3. The summed E-state index contributed by atoms with van der Waals surface area (Å²) in [6, 6.07) is 19.6. The molecule has 0 heterocycles. The lowest BCUT2D eigenvalue weighted by atomic mass is 10.1. The van der Waals surface area contributed by atoms with E-state index in [1.165, 1.54) is 12.1 Å². The predicted molar refractivity (Wildman–Crippen MR) is 118 cm³/mol. The molecule has 0 aliphatic heterocycles. The molecule has 0 aliphatic carbocycles. The highest BCUT2D eigenvalue weighted by Gasteiger charge is 2.14. The minimum Gasteiger partial charge on any atom is -0.497 e. The summed E-state index contributed by atoms with van der Waals surface area (Å²) >= 11 is 0. The first-order valence-electron chi connectivity index (χ1n) is 9.39. The lowest BCUT2D eigenvalue weighted by Gasteiger charge is -2.12. The van der Waals surface area contributed by atoms with Crippen LogP contribution < -0.4 is 15.4 Å². The average molecular weight is 439 g/mol. The van der Waals surface area contributed by atoms with E-state index in [0.717, 1.165) is 11.8 Å². The van der Waals surface area contributed by atoms with Gasteiger partial charge in [0.1, 0.15) is 5.75 Å². The van der Waals surface area contributed by atoms with E-state index in [4.69, 9.17) is 4.74 Å². The predicted octanol–water partition coefficient (Wildman–Crippen LogP) is 3.28. The molecule has 0 saturated heterocycles. The Balaban J connectivity index is 1.68. The van der Waals surface area contributed by atoms with Crippen LogP contribution in [0.4, 0.5) is 5.69 Å². The number of hydrogen-bond donors (Lipinski definition) is 2. The van der Waals surface area contributed by atoms with Gasteiger partial charge in [0.2, 0.25) is 0 Å². The number of carbonyl (C=O) groups excluding carboxylic acids is 2. The molecule has 0 fully saturated rings. The quantitative estimate of drug-likeness (QED) is 0.590. The van der Waals surface area contributed by atoms with Crippen molar-refractivity contribution in [1.82, 2.24) is 5.32 Å². The molecule has 8 heteroatoms. The fraction of sp³-hybridized carbons (Fsp3) is 0.130. The Morgan fingerprint density at radius 3 is 2.13 bits per heavy atom. The van der Waals surface area contributed by atoms with Crippen molar-refractivity contribution >= 4 is 27.3 Å². The lowest BCUT2D eigenvalue weighted by molar-refractivity contribution is 0.0951. The number of carbonyl (C=O) groups is 2. The minimum atomic E-state index is -3.27. The zero-order chi connectivity index (χ0) is 22.4. The number of methoxy groups -OCH3 is 1. The molecule has 2 amide bonds. The number of anilines is 1. The van der Waals surface area contributed by atoms with Crippen LogP contribution in [0.1, 0.15) is 26.3 Å². The summed E-state index contributed by atoms with van der Waals surface area (Å²) in [6.45, 7) is 0.212. The van der Waals surface area contributed by atoms with Gasteiger partial charge in [-0.3, -0.25) is 9.59 Å². The van der Waals surface area contributed by atoms with E-state index in [0.29, 0.717) is 22.6 Å². The fourth-order valence-electron chi connectivity index (χ4n) is 2.86. The highest BCUT2D eigenvalue weighted by molar-refractivity contribution is 7.90. The van der Waals surface area contributed by atoms with E-state index in [9.17, 15) is 18.0 Å². The van der Waals surface area contributed by atoms with E-state index in [2.05, 4.69) is 10.6 Å². The number of sulfone groups is 1. The van der Waals surface area contributed by atoms with Crippen LogP contribution in [0.5, 0.6) is 5.75 Å². The van der Waals surface area contributed by atoms with E-state index in [1.54, 1.807) is 67.8 Å². The monoisotopic (exact) mass is 438 g/mol. The molecule has 3 rings (SSSR count). The van der Waals surface area contributed by atoms with Crippen LogP contribution in [0.25, 0.3) is 0 Å². The van der Waals surface area contributed by atoms with Crippen LogP contribution in [-0.4, -0.2) is 33.6 Å². The molecule has 160 valence electrons. The maximum atomic E-state index is 12.7. The van der Waals surface area contributed by atoms with Crippen LogP contribution in [0.15, 0.2) is 77.7 Å². The Kier molecular flexibility index (Phi) is 6.71. The standard InChI is InChI=1S/C23H22N2O5S/c1-30-18-11-9-17(10-12-18)22(26)25-21-6-4-3-5-20(21)23(27)24-15-16-7-13-19(14-8-16)31(2,28)29/h3-14H,15H2,1-2H3,(H,24,27)(H,25,26). The molecule has 0 spiro atoms. The molecule has 0 saturated carbocycles. The Morgan fingerprint density at radius 2 is 1.52 bits per heavy atom. The summed E-state index contributed by atoms with van der Waals surface area (Å²) in [7, 11) is -1.73. The normalized spacial score (nSPS) is 10.9. The van der Waals surface area contributed by atoms with Crippen LogP contribution in [-0.2, 0) is 16.4 Å². The number of amides is 2. The lowest BCUT2D eigenvalue weighted by Crippen LogP contribution is -2.25. The molecule has 0 bridgehead atoms. The first-order chi connectivity index (χ1) is 14.8. The Hall–Kier alpha value is -3.65. The van der Waals surface area contributed by atoms with Crippen molar-refractivity contribution in [3.05, 3.63) is 89.5 Å². The van der Waals surface area contributed by atoms with Gasteiger partial charge in [-0.2, -0.15) is 0 Å². The highest BCUT2D eigenvalue weighted by Crippen LogP contribution is 2.18. The van der Waals surface area contributed by atoms with Gasteiger partial charge in [0.15, 0.2) is 9.84 Å². The van der Waals surface area contributed by atoms with Crippen molar-refractivity contribution in [2.24, 2.45) is 0 Å². The summed E-state index contributed by atoms with van der Waals surface area (Å²) in [6.07, 6.45) is 1.14. The molecule has 3 aromatic carbocycles. The van der Waals surface area contributed by atoms with Gasteiger partial charge < -0.3 is 15.4 Å². The van der Waals surface area contributed by atoms with Gasteiger partial charge in [-0.15, -0.1) is 0 Å². The van der Waals surface area contributed by atoms with Gasteiger partial charge in [-0.05, 0) is 54.1 Å². The summed E-state index contributed by atoms with van der Waals surface area (Å²) in [5.41, 5.74) is 1.88. The number of ether oxygens (including phenoxy) is 1. The second-order valence-electron chi connectivity index (χ2n) is 6.83. The van der Waals surface area contributed by atoms with Crippen molar-refractivity contribution in [2.45, 2.75) is 11.4 Å². The molecule has 7 nitrogen and oxygen atoms in total. The smallest absolute Gasteiger partial charge is 0.255 e. The molecule has 0 unspecified atom stereocenters. The molecule has 31 heavy (non-hydrogen) atoms. The van der Waals surface area contributed by atoms with Crippen LogP contribution in [0.3, 0.4) is 0 Å². The summed E-state index contributed by atoms with van der Waals surface area (Å²) in [5.74, 6) is -0.0713. The van der Waals surface area contributed by atoms with E-state index in [-0.39, 0.29) is 23.3 Å². The van der Waals surface area contributed by atoms with Crippen molar-refractivity contribution < 1.29 is 22.7 Å². The number of para-hydroxylation sites is 1. The first kappa shape index (κ1) is 22.0. The summed E-state index contributed by atoms with van der Waals surface area (Å²) in [4.78, 5) is 25.5. The van der Waals surface area contributed by atoms with E-state index >= 15 is 0 Å². The Morgan fingerprint density at radius 1 is 0.871 bits per heavy atom. The molecular formula is C23H22N2O5S. The maximum absolute atomic E-state index is 12.7. The molecule has 0 aromatic heterocycles.